The van der Waals surface area contributed by atoms with E-state index in [1.54, 1.807) is 12.1 Å². The quantitative estimate of drug-likeness (QED) is 0.365. The van der Waals surface area contributed by atoms with Crippen LogP contribution in [-0.2, 0) is 9.47 Å². The average Bonchev–Trinajstić information content (AvgIpc) is 2.77. The zero-order valence-corrected chi connectivity index (χ0v) is 15.6. The maximum atomic E-state index is 12.1. The molecule has 6 nitrogen and oxygen atoms in total. The Hall–Kier alpha value is -3.80. The third-order valence-corrected chi connectivity index (χ3v) is 4.37. The molecular formula is C23H18N2O4. The molecule has 4 rings (SSSR count). The zero-order chi connectivity index (χ0) is 20.1. The van der Waals surface area contributed by atoms with E-state index in [2.05, 4.69) is 9.97 Å². The zero-order valence-electron chi connectivity index (χ0n) is 15.6. The number of fused-ring (bicyclic) bond motifs is 2. The number of hydrogen-bond donors (Lipinski definition) is 0. The van der Waals surface area contributed by atoms with Gasteiger partial charge in [0.25, 0.3) is 0 Å². The van der Waals surface area contributed by atoms with Gasteiger partial charge in [-0.25, -0.2) is 19.6 Å². The number of ether oxygens (including phenoxy) is 2. The molecule has 29 heavy (non-hydrogen) atoms. The summed E-state index contributed by atoms with van der Waals surface area (Å²) in [5, 5.41) is 1.91. The van der Waals surface area contributed by atoms with Gasteiger partial charge in [-0.05, 0) is 24.3 Å². The molecule has 0 saturated heterocycles. The average molecular weight is 386 g/mol. The largest absolute Gasteiger partial charge is 0.461 e. The predicted octanol–water partition coefficient (Wildman–Crippen LogP) is 4.19. The molecule has 2 aromatic carbocycles. The molecule has 0 aliphatic rings. The van der Waals surface area contributed by atoms with Crippen LogP contribution in [0.4, 0.5) is 0 Å². The van der Waals surface area contributed by atoms with Gasteiger partial charge in [-0.1, -0.05) is 48.5 Å². The number of aromatic nitrogens is 2. The molecule has 0 amide bonds. The number of carbonyl (C=O) groups is 2. The molecule has 0 unspecified atom stereocenters. The van der Waals surface area contributed by atoms with Crippen LogP contribution in [0.3, 0.4) is 0 Å². The molecule has 0 atom stereocenters. The maximum Gasteiger partial charge on any atom is 0.356 e. The number of benzene rings is 2. The van der Waals surface area contributed by atoms with E-state index in [0.29, 0.717) is 6.42 Å². The summed E-state index contributed by atoms with van der Waals surface area (Å²) in [6.45, 7) is 0.261. The van der Waals surface area contributed by atoms with Gasteiger partial charge in [0.2, 0.25) is 0 Å². The van der Waals surface area contributed by atoms with Gasteiger partial charge in [-0.3, -0.25) is 0 Å². The number of pyridine rings is 2. The predicted molar refractivity (Wildman–Crippen MR) is 109 cm³/mol. The molecule has 2 heterocycles. The fourth-order valence-electron chi connectivity index (χ4n) is 2.90. The highest BCUT2D eigenvalue weighted by Crippen LogP contribution is 2.13. The van der Waals surface area contributed by atoms with Gasteiger partial charge < -0.3 is 9.47 Å². The summed E-state index contributed by atoms with van der Waals surface area (Å²) in [6, 6.07) is 22.0. The van der Waals surface area contributed by atoms with Crippen molar-refractivity contribution in [2.75, 3.05) is 13.2 Å². The fourth-order valence-corrected chi connectivity index (χ4v) is 2.90. The van der Waals surface area contributed by atoms with Crippen LogP contribution in [0.15, 0.2) is 72.8 Å². The lowest BCUT2D eigenvalue weighted by molar-refractivity contribution is 0.0389. The van der Waals surface area contributed by atoms with E-state index in [-0.39, 0.29) is 24.6 Å². The van der Waals surface area contributed by atoms with E-state index in [1.165, 1.54) is 0 Å². The van der Waals surface area contributed by atoms with Gasteiger partial charge >= 0.3 is 11.9 Å². The molecule has 0 bridgehead atoms. The van der Waals surface area contributed by atoms with Gasteiger partial charge in [-0.2, -0.15) is 0 Å². The topological polar surface area (TPSA) is 78.4 Å². The number of esters is 2. The Labute approximate surface area is 167 Å². The minimum atomic E-state index is -0.502. The van der Waals surface area contributed by atoms with Crippen molar-refractivity contribution in [1.29, 1.82) is 0 Å². The van der Waals surface area contributed by atoms with E-state index in [4.69, 9.17) is 9.47 Å². The van der Waals surface area contributed by atoms with E-state index in [0.717, 1.165) is 21.8 Å². The molecule has 2 aromatic heterocycles. The highest BCUT2D eigenvalue weighted by molar-refractivity contribution is 5.91. The standard InChI is InChI=1S/C23H18N2O4/c26-22(20-12-10-16-6-1-3-8-18(16)24-20)28-14-5-15-29-23(27)21-13-11-17-7-2-4-9-19(17)25-21/h1-4,6-13H,5,14-15H2. The third kappa shape index (κ3) is 4.38. The lowest BCUT2D eigenvalue weighted by atomic mass is 10.2. The monoisotopic (exact) mass is 386 g/mol. The Kier molecular flexibility index (Phi) is 5.42. The van der Waals surface area contributed by atoms with Crippen molar-refractivity contribution in [2.24, 2.45) is 0 Å². The van der Waals surface area contributed by atoms with Crippen LogP contribution >= 0.6 is 0 Å². The normalized spacial score (nSPS) is 10.8. The minimum absolute atomic E-state index is 0.131. The van der Waals surface area contributed by atoms with Crippen molar-refractivity contribution in [3.63, 3.8) is 0 Å². The van der Waals surface area contributed by atoms with E-state index >= 15 is 0 Å². The van der Waals surface area contributed by atoms with Crippen LogP contribution in [0, 0.1) is 0 Å². The van der Waals surface area contributed by atoms with Crippen molar-refractivity contribution in [3.8, 4) is 0 Å². The highest BCUT2D eigenvalue weighted by Gasteiger charge is 2.11. The molecule has 6 heteroatoms. The smallest absolute Gasteiger partial charge is 0.356 e. The van der Waals surface area contributed by atoms with Gasteiger partial charge in [0.1, 0.15) is 11.4 Å². The second-order valence-electron chi connectivity index (χ2n) is 6.40. The van der Waals surface area contributed by atoms with Crippen LogP contribution in [0.2, 0.25) is 0 Å². The molecule has 144 valence electrons. The molecule has 0 spiro atoms. The Morgan fingerprint density at radius 2 is 1.07 bits per heavy atom. The van der Waals surface area contributed by atoms with E-state index in [9.17, 15) is 9.59 Å². The number of para-hydroxylation sites is 2. The van der Waals surface area contributed by atoms with Gasteiger partial charge in [0, 0.05) is 17.2 Å². The van der Waals surface area contributed by atoms with Crippen LogP contribution in [0.25, 0.3) is 21.8 Å². The Balaban J connectivity index is 1.25. The Bertz CT molecular complexity index is 1100. The van der Waals surface area contributed by atoms with Crippen molar-refractivity contribution >= 4 is 33.7 Å². The summed E-state index contributed by atoms with van der Waals surface area (Å²) in [5.41, 5.74) is 1.97. The van der Waals surface area contributed by atoms with Crippen molar-refractivity contribution in [3.05, 3.63) is 84.2 Å². The molecule has 0 radical (unpaired) electrons. The van der Waals surface area contributed by atoms with Crippen LogP contribution in [0.5, 0.6) is 0 Å². The number of carbonyl (C=O) groups excluding carboxylic acids is 2. The van der Waals surface area contributed by atoms with Gasteiger partial charge in [-0.15, -0.1) is 0 Å². The first kappa shape index (κ1) is 18.6. The summed E-state index contributed by atoms with van der Waals surface area (Å²) in [7, 11) is 0. The minimum Gasteiger partial charge on any atom is -0.461 e. The van der Waals surface area contributed by atoms with Gasteiger partial charge in [0.15, 0.2) is 0 Å². The summed E-state index contributed by atoms with van der Waals surface area (Å²) in [4.78, 5) is 32.9. The second kappa shape index (κ2) is 8.48. The number of hydrogen-bond acceptors (Lipinski definition) is 6. The molecule has 0 aliphatic carbocycles. The highest BCUT2D eigenvalue weighted by atomic mass is 16.5. The summed E-state index contributed by atoms with van der Waals surface area (Å²) >= 11 is 0. The van der Waals surface area contributed by atoms with E-state index < -0.39 is 11.9 Å². The molecule has 0 N–H and O–H groups in total. The number of rotatable bonds is 6. The maximum absolute atomic E-state index is 12.1. The van der Waals surface area contributed by atoms with E-state index in [1.807, 2.05) is 60.7 Å². The lowest BCUT2D eigenvalue weighted by Gasteiger charge is -2.07. The number of nitrogens with zero attached hydrogens (tertiary/aromatic N) is 2. The van der Waals surface area contributed by atoms with Crippen molar-refractivity contribution in [2.45, 2.75) is 6.42 Å². The Morgan fingerprint density at radius 1 is 0.621 bits per heavy atom. The summed E-state index contributed by atoms with van der Waals surface area (Å²) < 4.78 is 10.4. The fraction of sp³-hybridized carbons (Fsp3) is 0.130. The van der Waals surface area contributed by atoms with Crippen LogP contribution in [-0.4, -0.2) is 35.1 Å². The first-order chi connectivity index (χ1) is 14.2. The molecule has 0 aliphatic heterocycles. The molecule has 0 fully saturated rings. The summed E-state index contributed by atoms with van der Waals surface area (Å²) in [6.07, 6.45) is 0.388. The first-order valence-corrected chi connectivity index (χ1v) is 9.26. The van der Waals surface area contributed by atoms with Crippen molar-refractivity contribution < 1.29 is 19.1 Å². The van der Waals surface area contributed by atoms with Crippen LogP contribution in [0.1, 0.15) is 27.4 Å². The van der Waals surface area contributed by atoms with Crippen LogP contribution < -0.4 is 0 Å². The summed E-state index contributed by atoms with van der Waals surface area (Å²) in [5.74, 6) is -1.00. The first-order valence-electron chi connectivity index (χ1n) is 9.26. The van der Waals surface area contributed by atoms with Crippen molar-refractivity contribution in [1.82, 2.24) is 9.97 Å². The molecular weight excluding hydrogens is 368 g/mol. The Morgan fingerprint density at radius 3 is 1.55 bits per heavy atom. The SMILES string of the molecule is O=C(OCCCOC(=O)c1ccc2ccccc2n1)c1ccc2ccccc2n1. The lowest BCUT2D eigenvalue weighted by Crippen LogP contribution is -2.12. The molecule has 4 aromatic rings. The second-order valence-corrected chi connectivity index (χ2v) is 6.40. The third-order valence-electron chi connectivity index (χ3n) is 4.37. The molecule has 0 saturated carbocycles. The van der Waals surface area contributed by atoms with Gasteiger partial charge in [0.05, 0.1) is 24.2 Å².